The smallest absolute Gasteiger partial charge is 0.221 e. The number of anilines is 1. The Kier molecular flexibility index (Phi) is 7.05. The molecule has 0 unspecified atom stereocenters. The van der Waals surface area contributed by atoms with Crippen molar-refractivity contribution in [3.63, 3.8) is 0 Å². The number of nitrogen functional groups attached to an aromatic ring is 1. The van der Waals surface area contributed by atoms with Gasteiger partial charge in [0.2, 0.25) is 5.88 Å². The normalized spacial score (nSPS) is 10.4. The predicted molar refractivity (Wildman–Crippen MR) is 70.4 cm³/mol. The molecule has 6 heteroatoms. The molecular formula is C12H22N4O2. The standard InChI is InChI=1S/C12H22N4O2/c1-3-5-10-11(16-13)14-9-15-12(10)18-8-7-17-6-4-2/h9H,3-8,13H2,1-2H3,(H,14,15,16). The van der Waals surface area contributed by atoms with Crippen LogP contribution < -0.4 is 16.0 Å². The average Bonchev–Trinajstić information content (AvgIpc) is 2.40. The van der Waals surface area contributed by atoms with Crippen molar-refractivity contribution in [2.24, 2.45) is 5.84 Å². The molecule has 0 bridgehead atoms. The highest BCUT2D eigenvalue weighted by Crippen LogP contribution is 2.22. The first kappa shape index (κ1) is 14.7. The highest BCUT2D eigenvalue weighted by Gasteiger charge is 2.10. The summed E-state index contributed by atoms with van der Waals surface area (Å²) in [6.45, 7) is 5.96. The minimum atomic E-state index is 0.484. The van der Waals surface area contributed by atoms with Gasteiger partial charge in [0.25, 0.3) is 0 Å². The van der Waals surface area contributed by atoms with Crippen LogP contribution in [-0.2, 0) is 11.2 Å². The van der Waals surface area contributed by atoms with Crippen LogP contribution in [0.3, 0.4) is 0 Å². The minimum Gasteiger partial charge on any atom is -0.475 e. The zero-order valence-corrected chi connectivity index (χ0v) is 11.1. The van der Waals surface area contributed by atoms with Crippen molar-refractivity contribution in [1.82, 2.24) is 9.97 Å². The maximum atomic E-state index is 5.61. The molecule has 0 aliphatic heterocycles. The zero-order chi connectivity index (χ0) is 13.2. The van der Waals surface area contributed by atoms with Crippen molar-refractivity contribution in [3.8, 4) is 5.88 Å². The van der Waals surface area contributed by atoms with Crippen LogP contribution in [0.25, 0.3) is 0 Å². The largest absolute Gasteiger partial charge is 0.475 e. The quantitative estimate of drug-likeness (QED) is 0.395. The summed E-state index contributed by atoms with van der Waals surface area (Å²) in [6, 6.07) is 0. The Bertz CT molecular complexity index is 347. The Hall–Kier alpha value is -1.40. The number of aromatic nitrogens is 2. The van der Waals surface area contributed by atoms with Crippen molar-refractivity contribution in [2.75, 3.05) is 25.2 Å². The van der Waals surface area contributed by atoms with E-state index in [0.717, 1.165) is 31.4 Å². The molecule has 102 valence electrons. The second kappa shape index (κ2) is 8.66. The van der Waals surface area contributed by atoms with Gasteiger partial charge in [-0.25, -0.2) is 15.8 Å². The molecule has 0 spiro atoms. The second-order valence-electron chi connectivity index (χ2n) is 3.86. The van der Waals surface area contributed by atoms with Gasteiger partial charge in [-0.3, -0.25) is 0 Å². The van der Waals surface area contributed by atoms with Gasteiger partial charge >= 0.3 is 0 Å². The molecule has 1 aromatic heterocycles. The molecule has 0 saturated carbocycles. The highest BCUT2D eigenvalue weighted by atomic mass is 16.5. The molecule has 0 amide bonds. The van der Waals surface area contributed by atoms with Crippen LogP contribution in [0, 0.1) is 0 Å². The maximum absolute atomic E-state index is 5.61. The van der Waals surface area contributed by atoms with Crippen LogP contribution in [0.1, 0.15) is 32.3 Å². The topological polar surface area (TPSA) is 82.3 Å². The molecule has 0 aromatic carbocycles. The first-order chi connectivity index (χ1) is 8.83. The molecular weight excluding hydrogens is 232 g/mol. The molecule has 0 radical (unpaired) electrons. The van der Waals surface area contributed by atoms with E-state index in [1.165, 1.54) is 6.33 Å². The van der Waals surface area contributed by atoms with Crippen molar-refractivity contribution >= 4 is 5.82 Å². The molecule has 18 heavy (non-hydrogen) atoms. The monoisotopic (exact) mass is 254 g/mol. The molecule has 0 aliphatic rings. The Labute approximate surface area is 108 Å². The van der Waals surface area contributed by atoms with E-state index in [-0.39, 0.29) is 0 Å². The molecule has 0 saturated heterocycles. The van der Waals surface area contributed by atoms with E-state index in [0.29, 0.717) is 24.9 Å². The summed E-state index contributed by atoms with van der Waals surface area (Å²) in [5.74, 6) is 6.63. The van der Waals surface area contributed by atoms with Crippen molar-refractivity contribution < 1.29 is 9.47 Å². The van der Waals surface area contributed by atoms with E-state index < -0.39 is 0 Å². The third-order valence-electron chi connectivity index (χ3n) is 2.36. The Morgan fingerprint density at radius 2 is 2.00 bits per heavy atom. The molecule has 1 heterocycles. The van der Waals surface area contributed by atoms with Crippen LogP contribution >= 0.6 is 0 Å². The van der Waals surface area contributed by atoms with Gasteiger partial charge in [-0.2, -0.15) is 0 Å². The average molecular weight is 254 g/mol. The second-order valence-corrected chi connectivity index (χ2v) is 3.86. The molecule has 1 rings (SSSR count). The van der Waals surface area contributed by atoms with Gasteiger partial charge in [0, 0.05) is 6.61 Å². The molecule has 6 nitrogen and oxygen atoms in total. The summed E-state index contributed by atoms with van der Waals surface area (Å²) >= 11 is 0. The van der Waals surface area contributed by atoms with Gasteiger partial charge in [-0.05, 0) is 12.8 Å². The number of hydrogen-bond acceptors (Lipinski definition) is 6. The molecule has 1 aromatic rings. The SMILES string of the molecule is CCCOCCOc1ncnc(NN)c1CCC. The number of nitrogens with one attached hydrogen (secondary N) is 1. The Balaban J connectivity index is 2.57. The Morgan fingerprint density at radius 3 is 2.67 bits per heavy atom. The summed E-state index contributed by atoms with van der Waals surface area (Å²) < 4.78 is 11.0. The van der Waals surface area contributed by atoms with Crippen molar-refractivity contribution in [2.45, 2.75) is 33.1 Å². The summed E-state index contributed by atoms with van der Waals surface area (Å²) in [6.07, 6.45) is 4.25. The zero-order valence-electron chi connectivity index (χ0n) is 11.1. The van der Waals surface area contributed by atoms with Crippen molar-refractivity contribution in [3.05, 3.63) is 11.9 Å². The number of hydrogen-bond donors (Lipinski definition) is 2. The number of hydrazine groups is 1. The fourth-order valence-electron chi connectivity index (χ4n) is 1.56. The van der Waals surface area contributed by atoms with Crippen LogP contribution in [0.4, 0.5) is 5.82 Å². The summed E-state index contributed by atoms with van der Waals surface area (Å²) in [5, 5.41) is 0. The fraction of sp³-hybridized carbons (Fsp3) is 0.667. The molecule has 0 fully saturated rings. The number of nitrogens with zero attached hydrogens (tertiary/aromatic N) is 2. The summed E-state index contributed by atoms with van der Waals surface area (Å²) in [5.41, 5.74) is 3.48. The predicted octanol–water partition coefficient (Wildman–Crippen LogP) is 1.52. The van der Waals surface area contributed by atoms with Gasteiger partial charge in [0.05, 0.1) is 12.2 Å². The lowest BCUT2D eigenvalue weighted by Crippen LogP contribution is -2.14. The third kappa shape index (κ3) is 4.46. The minimum absolute atomic E-state index is 0.484. The van der Waals surface area contributed by atoms with Gasteiger partial charge in [0.1, 0.15) is 18.8 Å². The lowest BCUT2D eigenvalue weighted by atomic mass is 10.2. The van der Waals surface area contributed by atoms with Gasteiger partial charge in [-0.1, -0.05) is 20.3 Å². The van der Waals surface area contributed by atoms with E-state index in [1.54, 1.807) is 0 Å². The first-order valence-corrected chi connectivity index (χ1v) is 6.34. The number of nitrogens with two attached hydrogens (primary N) is 1. The number of rotatable bonds is 9. The molecule has 0 atom stereocenters. The lowest BCUT2D eigenvalue weighted by molar-refractivity contribution is 0.0986. The third-order valence-corrected chi connectivity index (χ3v) is 2.36. The summed E-state index contributed by atoms with van der Waals surface area (Å²) in [4.78, 5) is 8.21. The van der Waals surface area contributed by atoms with Crippen LogP contribution in [0.2, 0.25) is 0 Å². The highest BCUT2D eigenvalue weighted by molar-refractivity contribution is 5.47. The van der Waals surface area contributed by atoms with Gasteiger partial charge in [0.15, 0.2) is 0 Å². The van der Waals surface area contributed by atoms with E-state index in [2.05, 4.69) is 29.2 Å². The van der Waals surface area contributed by atoms with E-state index in [1.807, 2.05) is 0 Å². The van der Waals surface area contributed by atoms with E-state index >= 15 is 0 Å². The number of ether oxygens (including phenoxy) is 2. The van der Waals surface area contributed by atoms with Crippen molar-refractivity contribution in [1.29, 1.82) is 0 Å². The first-order valence-electron chi connectivity index (χ1n) is 6.34. The molecule has 0 aliphatic carbocycles. The van der Waals surface area contributed by atoms with Gasteiger partial charge in [-0.15, -0.1) is 0 Å². The Morgan fingerprint density at radius 1 is 1.17 bits per heavy atom. The van der Waals surface area contributed by atoms with Crippen LogP contribution in [-0.4, -0.2) is 29.8 Å². The van der Waals surface area contributed by atoms with Crippen LogP contribution in [0.5, 0.6) is 5.88 Å². The fourth-order valence-corrected chi connectivity index (χ4v) is 1.56. The van der Waals surface area contributed by atoms with Crippen LogP contribution in [0.15, 0.2) is 6.33 Å². The summed E-state index contributed by atoms with van der Waals surface area (Å²) in [7, 11) is 0. The van der Waals surface area contributed by atoms with Gasteiger partial charge < -0.3 is 14.9 Å². The maximum Gasteiger partial charge on any atom is 0.221 e. The van der Waals surface area contributed by atoms with E-state index in [9.17, 15) is 0 Å². The lowest BCUT2D eigenvalue weighted by Gasteiger charge is -2.12. The molecule has 3 N–H and O–H groups in total. The van der Waals surface area contributed by atoms with E-state index in [4.69, 9.17) is 15.3 Å².